The van der Waals surface area contributed by atoms with Crippen molar-refractivity contribution in [2.45, 2.75) is 38.5 Å². The normalized spacial score (nSPS) is 28.7. The first kappa shape index (κ1) is 9.14. The summed E-state index contributed by atoms with van der Waals surface area (Å²) in [4.78, 5) is 12.0. The zero-order valence-electron chi connectivity index (χ0n) is 9.12. The largest absolute Gasteiger partial charge is 0.294 e. The molecule has 0 unspecified atom stereocenters. The fraction of sp³-hybridized carbons (Fsp3) is 0.500. The monoisotopic (exact) mass is 200 g/mol. The Morgan fingerprint density at radius 1 is 1.27 bits per heavy atom. The second kappa shape index (κ2) is 3.19. The molecule has 0 saturated heterocycles. The van der Waals surface area contributed by atoms with E-state index in [1.165, 1.54) is 30.4 Å². The van der Waals surface area contributed by atoms with Crippen LogP contribution in [0.2, 0.25) is 0 Å². The van der Waals surface area contributed by atoms with Crippen LogP contribution in [0.25, 0.3) is 0 Å². The molecule has 1 heteroatoms. The van der Waals surface area contributed by atoms with Crippen LogP contribution in [0, 0.1) is 12.8 Å². The van der Waals surface area contributed by atoms with Crippen LogP contribution in [-0.4, -0.2) is 5.78 Å². The summed E-state index contributed by atoms with van der Waals surface area (Å²) < 4.78 is 0. The Labute approximate surface area is 90.5 Å². The third kappa shape index (κ3) is 1.26. The molecule has 0 amide bonds. The van der Waals surface area contributed by atoms with Gasteiger partial charge in [-0.25, -0.2) is 0 Å². The number of rotatable bonds is 0. The molecule has 1 fully saturated rings. The highest BCUT2D eigenvalue weighted by Crippen LogP contribution is 2.47. The van der Waals surface area contributed by atoms with Gasteiger partial charge in [0.1, 0.15) is 0 Å². The van der Waals surface area contributed by atoms with Crippen LogP contribution < -0.4 is 0 Å². The summed E-state index contributed by atoms with van der Waals surface area (Å²) in [5, 5.41) is 0. The summed E-state index contributed by atoms with van der Waals surface area (Å²) in [6, 6.07) is 6.17. The quantitative estimate of drug-likeness (QED) is 0.626. The summed E-state index contributed by atoms with van der Waals surface area (Å²) in [6.45, 7) is 2.15. The molecule has 0 bridgehead atoms. The van der Waals surface area contributed by atoms with Crippen LogP contribution in [0.15, 0.2) is 18.2 Å². The summed E-state index contributed by atoms with van der Waals surface area (Å²) in [7, 11) is 0. The Morgan fingerprint density at radius 3 is 3.00 bits per heavy atom. The number of hydrogen-bond acceptors (Lipinski definition) is 1. The first-order chi connectivity index (χ1) is 7.27. The molecule has 0 heterocycles. The van der Waals surface area contributed by atoms with Gasteiger partial charge in [0.25, 0.3) is 0 Å². The Morgan fingerprint density at radius 2 is 2.13 bits per heavy atom. The van der Waals surface area contributed by atoms with E-state index in [0.29, 0.717) is 17.6 Å². The topological polar surface area (TPSA) is 17.1 Å². The Kier molecular flexibility index (Phi) is 1.95. The Bertz CT molecular complexity index is 419. The van der Waals surface area contributed by atoms with Gasteiger partial charge in [0, 0.05) is 12.0 Å². The second-order valence-corrected chi connectivity index (χ2v) is 4.96. The van der Waals surface area contributed by atoms with E-state index in [9.17, 15) is 4.79 Å². The summed E-state index contributed by atoms with van der Waals surface area (Å²) >= 11 is 0. The van der Waals surface area contributed by atoms with E-state index in [2.05, 4.69) is 13.0 Å². The number of aryl methyl sites for hydroxylation is 1. The van der Waals surface area contributed by atoms with Crippen LogP contribution in [0.1, 0.15) is 53.1 Å². The fourth-order valence-corrected chi connectivity index (χ4v) is 3.43. The van der Waals surface area contributed by atoms with Crippen LogP contribution >= 0.6 is 0 Å². The van der Waals surface area contributed by atoms with Gasteiger partial charge in [-0.05, 0) is 42.7 Å². The molecule has 3 rings (SSSR count). The minimum absolute atomic E-state index is 0.372. The average Bonchev–Trinajstić information content (AvgIpc) is 2.66. The van der Waals surface area contributed by atoms with Gasteiger partial charge in [0.2, 0.25) is 0 Å². The Hall–Kier alpha value is -1.11. The van der Waals surface area contributed by atoms with Crippen molar-refractivity contribution >= 4 is 5.78 Å². The molecule has 0 aromatic heterocycles. The standard InChI is InChI=1S/C14H16O/c1-9-4-2-7-12-13(15)8-10-5-3-6-11(10)14(9)12/h2,4,7,10-11H,3,5-6,8H2,1H3/t10-,11+/m1/s1. The predicted octanol–water partition coefficient (Wildman–Crippen LogP) is 3.47. The molecule has 1 aromatic carbocycles. The molecule has 1 nitrogen and oxygen atoms in total. The number of Topliss-reactive ketones (excluding diaryl/α,β-unsaturated/α-hetero) is 1. The van der Waals surface area contributed by atoms with E-state index in [0.717, 1.165) is 12.0 Å². The van der Waals surface area contributed by atoms with E-state index < -0.39 is 0 Å². The number of benzene rings is 1. The van der Waals surface area contributed by atoms with Crippen molar-refractivity contribution in [3.8, 4) is 0 Å². The number of carbonyl (C=O) groups excluding carboxylic acids is 1. The van der Waals surface area contributed by atoms with E-state index in [1.807, 2.05) is 12.1 Å². The van der Waals surface area contributed by atoms with Crippen molar-refractivity contribution in [3.63, 3.8) is 0 Å². The molecule has 78 valence electrons. The summed E-state index contributed by atoms with van der Waals surface area (Å²) in [6.07, 6.45) is 4.64. The minimum atomic E-state index is 0.372. The van der Waals surface area contributed by atoms with Crippen molar-refractivity contribution in [2.75, 3.05) is 0 Å². The van der Waals surface area contributed by atoms with Crippen LogP contribution in [0.5, 0.6) is 0 Å². The second-order valence-electron chi connectivity index (χ2n) is 4.96. The van der Waals surface area contributed by atoms with Gasteiger partial charge in [-0.2, -0.15) is 0 Å². The van der Waals surface area contributed by atoms with Gasteiger partial charge in [-0.3, -0.25) is 4.79 Å². The maximum absolute atomic E-state index is 12.0. The zero-order chi connectivity index (χ0) is 10.4. The number of hydrogen-bond donors (Lipinski definition) is 0. The highest BCUT2D eigenvalue weighted by atomic mass is 16.1. The molecule has 1 saturated carbocycles. The maximum Gasteiger partial charge on any atom is 0.163 e. The molecule has 0 aliphatic heterocycles. The molecular weight excluding hydrogens is 184 g/mol. The van der Waals surface area contributed by atoms with Gasteiger partial charge in [-0.15, -0.1) is 0 Å². The van der Waals surface area contributed by atoms with Gasteiger partial charge in [0.15, 0.2) is 5.78 Å². The first-order valence-electron chi connectivity index (χ1n) is 5.90. The van der Waals surface area contributed by atoms with E-state index in [-0.39, 0.29) is 0 Å². The third-order valence-corrected chi connectivity index (χ3v) is 4.10. The minimum Gasteiger partial charge on any atom is -0.294 e. The lowest BCUT2D eigenvalue weighted by atomic mass is 9.75. The van der Waals surface area contributed by atoms with Crippen LogP contribution in [-0.2, 0) is 0 Å². The lowest BCUT2D eigenvalue weighted by Crippen LogP contribution is -2.22. The lowest BCUT2D eigenvalue weighted by molar-refractivity contribution is 0.0943. The molecule has 15 heavy (non-hydrogen) atoms. The predicted molar refractivity (Wildman–Crippen MR) is 60.2 cm³/mol. The third-order valence-electron chi connectivity index (χ3n) is 4.10. The van der Waals surface area contributed by atoms with Crippen LogP contribution in [0.3, 0.4) is 0 Å². The number of ketones is 1. The lowest BCUT2D eigenvalue weighted by Gasteiger charge is -2.28. The molecule has 0 spiro atoms. The van der Waals surface area contributed by atoms with Crippen molar-refractivity contribution in [3.05, 3.63) is 34.9 Å². The molecule has 1 aromatic rings. The highest BCUT2D eigenvalue weighted by Gasteiger charge is 2.37. The number of fused-ring (bicyclic) bond motifs is 3. The molecular formula is C14H16O. The maximum atomic E-state index is 12.0. The molecule has 0 N–H and O–H groups in total. The van der Waals surface area contributed by atoms with E-state index in [1.54, 1.807) is 0 Å². The van der Waals surface area contributed by atoms with Gasteiger partial charge < -0.3 is 0 Å². The smallest absolute Gasteiger partial charge is 0.163 e. The van der Waals surface area contributed by atoms with E-state index >= 15 is 0 Å². The number of carbonyl (C=O) groups is 1. The fourth-order valence-electron chi connectivity index (χ4n) is 3.43. The van der Waals surface area contributed by atoms with Crippen LogP contribution in [0.4, 0.5) is 0 Å². The van der Waals surface area contributed by atoms with E-state index in [4.69, 9.17) is 0 Å². The first-order valence-corrected chi connectivity index (χ1v) is 5.90. The van der Waals surface area contributed by atoms with Gasteiger partial charge in [-0.1, -0.05) is 24.6 Å². The van der Waals surface area contributed by atoms with Crippen molar-refractivity contribution in [1.82, 2.24) is 0 Å². The molecule has 0 radical (unpaired) electrons. The summed E-state index contributed by atoms with van der Waals surface area (Å²) in [5.41, 5.74) is 3.70. The average molecular weight is 200 g/mol. The van der Waals surface area contributed by atoms with Gasteiger partial charge >= 0.3 is 0 Å². The van der Waals surface area contributed by atoms with Crippen molar-refractivity contribution in [1.29, 1.82) is 0 Å². The zero-order valence-corrected chi connectivity index (χ0v) is 9.12. The van der Waals surface area contributed by atoms with Gasteiger partial charge in [0.05, 0.1) is 0 Å². The van der Waals surface area contributed by atoms with Crippen molar-refractivity contribution < 1.29 is 4.79 Å². The summed E-state index contributed by atoms with van der Waals surface area (Å²) in [5.74, 6) is 1.70. The molecule has 2 aliphatic carbocycles. The Balaban J connectivity index is 2.19. The SMILES string of the molecule is Cc1cccc2c1[C@H]1CCC[C@@H]1CC2=O. The molecule has 2 atom stereocenters. The van der Waals surface area contributed by atoms with Crippen molar-refractivity contribution in [2.24, 2.45) is 5.92 Å². The molecule has 2 aliphatic rings. The highest BCUT2D eigenvalue weighted by molar-refractivity contribution is 5.99.